The summed E-state index contributed by atoms with van der Waals surface area (Å²) in [6.07, 6.45) is 0.820. The van der Waals surface area contributed by atoms with Gasteiger partial charge >= 0.3 is 0 Å². The maximum absolute atomic E-state index is 12.3. The molecule has 2 rings (SSSR count). The van der Waals surface area contributed by atoms with Gasteiger partial charge in [-0.1, -0.05) is 6.92 Å². The fourth-order valence-corrected chi connectivity index (χ4v) is 2.34. The molecule has 1 heterocycles. The summed E-state index contributed by atoms with van der Waals surface area (Å²) in [4.78, 5) is 24.5. The van der Waals surface area contributed by atoms with Gasteiger partial charge in [0.1, 0.15) is 17.5 Å². The molecule has 0 bridgehead atoms. The number of carbonyl (C=O) groups excluding carboxylic acids is 1. The van der Waals surface area contributed by atoms with Gasteiger partial charge in [-0.3, -0.25) is 9.59 Å². The molecule has 1 atom stereocenters. The van der Waals surface area contributed by atoms with Crippen LogP contribution >= 0.6 is 0 Å². The Morgan fingerprint density at radius 2 is 1.92 bits per heavy atom. The number of amides is 1. The number of benzene rings is 1. The van der Waals surface area contributed by atoms with Crippen molar-refractivity contribution >= 4 is 5.91 Å². The SMILES string of the molecule is CCCNC(=O)[C@@H](C)n1nc(-c2ccc(OC)cc2)c(OC)cc1=O. The van der Waals surface area contributed by atoms with Crippen LogP contribution in [-0.2, 0) is 4.79 Å². The van der Waals surface area contributed by atoms with E-state index in [9.17, 15) is 9.59 Å². The summed E-state index contributed by atoms with van der Waals surface area (Å²) in [5, 5.41) is 7.15. The van der Waals surface area contributed by atoms with Crippen LogP contribution < -0.4 is 20.3 Å². The molecule has 0 radical (unpaired) electrons. The number of nitrogens with one attached hydrogen (secondary N) is 1. The first-order chi connectivity index (χ1) is 12.0. The van der Waals surface area contributed by atoms with E-state index in [-0.39, 0.29) is 5.91 Å². The maximum Gasteiger partial charge on any atom is 0.271 e. The minimum atomic E-state index is -0.720. The summed E-state index contributed by atoms with van der Waals surface area (Å²) in [7, 11) is 3.07. The topological polar surface area (TPSA) is 82.5 Å². The van der Waals surface area contributed by atoms with Crippen molar-refractivity contribution in [1.29, 1.82) is 0 Å². The number of nitrogens with zero attached hydrogens (tertiary/aromatic N) is 2. The van der Waals surface area contributed by atoms with E-state index in [1.54, 1.807) is 26.2 Å². The van der Waals surface area contributed by atoms with Crippen molar-refractivity contribution in [2.24, 2.45) is 0 Å². The summed E-state index contributed by atoms with van der Waals surface area (Å²) in [6, 6.07) is 7.85. The van der Waals surface area contributed by atoms with Crippen molar-refractivity contribution < 1.29 is 14.3 Å². The lowest BCUT2D eigenvalue weighted by Crippen LogP contribution is -2.37. The predicted octanol–water partition coefficient (Wildman–Crippen LogP) is 2.01. The highest BCUT2D eigenvalue weighted by Gasteiger charge is 2.20. The molecule has 1 aromatic carbocycles. The summed E-state index contributed by atoms with van der Waals surface area (Å²) in [5.41, 5.74) is 0.848. The molecule has 1 amide bonds. The lowest BCUT2D eigenvalue weighted by atomic mass is 10.1. The Labute approximate surface area is 146 Å². The smallest absolute Gasteiger partial charge is 0.271 e. The van der Waals surface area contributed by atoms with Gasteiger partial charge in [0.05, 0.1) is 14.2 Å². The van der Waals surface area contributed by atoms with Crippen LogP contribution in [0.1, 0.15) is 26.3 Å². The van der Waals surface area contributed by atoms with E-state index in [2.05, 4.69) is 10.4 Å². The molecule has 7 heteroatoms. The van der Waals surface area contributed by atoms with Crippen molar-refractivity contribution in [1.82, 2.24) is 15.1 Å². The predicted molar refractivity (Wildman–Crippen MR) is 95.0 cm³/mol. The van der Waals surface area contributed by atoms with Crippen molar-refractivity contribution in [2.75, 3.05) is 20.8 Å². The third kappa shape index (κ3) is 4.17. The first-order valence-corrected chi connectivity index (χ1v) is 8.11. The van der Waals surface area contributed by atoms with Crippen LogP contribution in [0.25, 0.3) is 11.3 Å². The average molecular weight is 345 g/mol. The molecule has 1 aromatic heterocycles. The Kier molecular flexibility index (Phi) is 6.16. The van der Waals surface area contributed by atoms with Gasteiger partial charge in [-0.2, -0.15) is 5.10 Å². The van der Waals surface area contributed by atoms with Gasteiger partial charge in [-0.25, -0.2) is 4.68 Å². The van der Waals surface area contributed by atoms with E-state index in [0.717, 1.165) is 12.0 Å². The van der Waals surface area contributed by atoms with Crippen molar-refractivity contribution in [2.45, 2.75) is 26.3 Å². The molecule has 1 N–H and O–H groups in total. The number of rotatable bonds is 7. The second-order valence-corrected chi connectivity index (χ2v) is 5.54. The molecule has 7 nitrogen and oxygen atoms in total. The summed E-state index contributed by atoms with van der Waals surface area (Å²) in [5.74, 6) is 0.818. The molecular formula is C18H23N3O4. The van der Waals surface area contributed by atoms with Crippen LogP contribution in [0.5, 0.6) is 11.5 Å². The highest BCUT2D eigenvalue weighted by molar-refractivity contribution is 5.79. The van der Waals surface area contributed by atoms with Gasteiger partial charge in [-0.05, 0) is 37.6 Å². The molecule has 0 aliphatic carbocycles. The zero-order valence-electron chi connectivity index (χ0n) is 14.9. The van der Waals surface area contributed by atoms with Crippen LogP contribution in [0.3, 0.4) is 0 Å². The van der Waals surface area contributed by atoms with Gasteiger partial charge in [-0.15, -0.1) is 0 Å². The highest BCUT2D eigenvalue weighted by atomic mass is 16.5. The Morgan fingerprint density at radius 3 is 2.48 bits per heavy atom. The molecule has 0 fully saturated rings. The molecule has 134 valence electrons. The molecular weight excluding hydrogens is 322 g/mol. The first-order valence-electron chi connectivity index (χ1n) is 8.11. The number of hydrogen-bond donors (Lipinski definition) is 1. The van der Waals surface area contributed by atoms with Crippen molar-refractivity contribution in [3.63, 3.8) is 0 Å². The van der Waals surface area contributed by atoms with Crippen LogP contribution in [-0.4, -0.2) is 36.5 Å². The third-order valence-electron chi connectivity index (χ3n) is 3.80. The number of hydrogen-bond acceptors (Lipinski definition) is 5. The molecule has 0 spiro atoms. The lowest BCUT2D eigenvalue weighted by Gasteiger charge is -2.16. The number of methoxy groups -OCH3 is 2. The average Bonchev–Trinajstić information content (AvgIpc) is 2.65. The Balaban J connectivity index is 2.45. The molecule has 0 saturated carbocycles. The van der Waals surface area contributed by atoms with Crippen LogP contribution in [0.15, 0.2) is 35.1 Å². The standard InChI is InChI=1S/C18H23N3O4/c1-5-10-19-18(23)12(2)21-16(22)11-15(25-4)17(20-21)13-6-8-14(24-3)9-7-13/h6-9,11-12H,5,10H2,1-4H3,(H,19,23)/t12-/m1/s1. The van der Waals surface area contributed by atoms with E-state index < -0.39 is 11.6 Å². The third-order valence-corrected chi connectivity index (χ3v) is 3.80. The van der Waals surface area contributed by atoms with Crippen LogP contribution in [0.2, 0.25) is 0 Å². The van der Waals surface area contributed by atoms with E-state index in [1.165, 1.54) is 17.9 Å². The number of aromatic nitrogens is 2. The quantitative estimate of drug-likeness (QED) is 0.830. The number of ether oxygens (including phenoxy) is 2. The fraction of sp³-hybridized carbons (Fsp3) is 0.389. The Hall–Kier alpha value is -2.83. The van der Waals surface area contributed by atoms with Gasteiger partial charge < -0.3 is 14.8 Å². The minimum Gasteiger partial charge on any atom is -0.497 e. The number of carbonyl (C=O) groups is 1. The summed E-state index contributed by atoms with van der Waals surface area (Å²) in [6.45, 7) is 4.16. The first kappa shape index (κ1) is 18.5. The largest absolute Gasteiger partial charge is 0.497 e. The Morgan fingerprint density at radius 1 is 1.24 bits per heavy atom. The molecule has 0 aliphatic heterocycles. The van der Waals surface area contributed by atoms with E-state index in [1.807, 2.05) is 19.1 Å². The summed E-state index contributed by atoms with van der Waals surface area (Å²) >= 11 is 0. The van der Waals surface area contributed by atoms with Crippen molar-refractivity contribution in [3.8, 4) is 22.8 Å². The summed E-state index contributed by atoms with van der Waals surface area (Å²) < 4.78 is 11.6. The minimum absolute atomic E-state index is 0.248. The monoisotopic (exact) mass is 345 g/mol. The molecule has 25 heavy (non-hydrogen) atoms. The molecule has 2 aromatic rings. The zero-order chi connectivity index (χ0) is 18.4. The van der Waals surface area contributed by atoms with E-state index in [4.69, 9.17) is 9.47 Å². The lowest BCUT2D eigenvalue weighted by molar-refractivity contribution is -0.124. The van der Waals surface area contributed by atoms with Crippen molar-refractivity contribution in [3.05, 3.63) is 40.7 Å². The zero-order valence-corrected chi connectivity index (χ0v) is 14.9. The van der Waals surface area contributed by atoms with Crippen LogP contribution in [0, 0.1) is 0 Å². The maximum atomic E-state index is 12.3. The van der Waals surface area contributed by atoms with Gasteiger partial charge in [0.25, 0.3) is 5.56 Å². The second-order valence-electron chi connectivity index (χ2n) is 5.54. The van der Waals surface area contributed by atoms with E-state index in [0.29, 0.717) is 23.7 Å². The van der Waals surface area contributed by atoms with E-state index >= 15 is 0 Å². The second kappa shape index (κ2) is 8.32. The van der Waals surface area contributed by atoms with Gasteiger partial charge in [0.15, 0.2) is 5.75 Å². The molecule has 0 aliphatic rings. The van der Waals surface area contributed by atoms with Gasteiger partial charge in [0.2, 0.25) is 5.91 Å². The fourth-order valence-electron chi connectivity index (χ4n) is 2.34. The Bertz CT molecular complexity index is 784. The molecule has 0 unspecified atom stereocenters. The molecule has 0 saturated heterocycles. The van der Waals surface area contributed by atoms with Gasteiger partial charge in [0, 0.05) is 18.2 Å². The van der Waals surface area contributed by atoms with Crippen LogP contribution in [0.4, 0.5) is 0 Å². The highest BCUT2D eigenvalue weighted by Crippen LogP contribution is 2.28. The normalized spacial score (nSPS) is 11.7.